The van der Waals surface area contributed by atoms with Crippen LogP contribution in [0.15, 0.2) is 24.8 Å². The third-order valence-corrected chi connectivity index (χ3v) is 4.63. The molecule has 0 radical (unpaired) electrons. The number of aliphatic hydroxyl groups is 1. The molecule has 1 amide bonds. The molecule has 0 spiro atoms. The van der Waals surface area contributed by atoms with Crippen molar-refractivity contribution in [3.8, 4) is 5.75 Å². The number of benzene rings is 1. The molecular weight excluding hydrogens is 341 g/mol. The van der Waals surface area contributed by atoms with Gasteiger partial charge in [-0.05, 0) is 18.9 Å². The van der Waals surface area contributed by atoms with Crippen LogP contribution in [0.2, 0.25) is 10.0 Å². The topological polar surface area (TPSA) is 70.0 Å². The Morgan fingerprint density at radius 1 is 1.48 bits per heavy atom. The molecule has 1 saturated heterocycles. The van der Waals surface area contributed by atoms with Crippen LogP contribution in [0.5, 0.6) is 5.75 Å². The summed E-state index contributed by atoms with van der Waals surface area (Å²) in [4.78, 5) is 12.5. The lowest BCUT2D eigenvalue weighted by molar-refractivity contribution is 0.0488. The number of carbonyl (C=O) groups is 1. The molecule has 1 unspecified atom stereocenters. The summed E-state index contributed by atoms with van der Waals surface area (Å²) in [5, 5.41) is 20.5. The molecule has 0 aliphatic carbocycles. The molecule has 0 aromatic heterocycles. The van der Waals surface area contributed by atoms with Crippen molar-refractivity contribution in [1.82, 2.24) is 4.90 Å². The monoisotopic (exact) mass is 359 g/mol. The van der Waals surface area contributed by atoms with E-state index in [4.69, 9.17) is 33.0 Å². The third-order valence-electron chi connectivity index (χ3n) is 3.90. The summed E-state index contributed by atoms with van der Waals surface area (Å²) < 4.78 is 5.56. The summed E-state index contributed by atoms with van der Waals surface area (Å²) >= 11 is 12.1. The summed E-state index contributed by atoms with van der Waals surface area (Å²) in [6.07, 6.45) is 1.17. The molecule has 5 nitrogen and oxygen atoms in total. The average Bonchev–Trinajstić information content (AvgIpc) is 2.55. The Hall–Kier alpha value is -1.43. The van der Waals surface area contributed by atoms with E-state index in [0.29, 0.717) is 34.3 Å². The second-order valence-corrected chi connectivity index (χ2v) is 6.29. The van der Waals surface area contributed by atoms with Gasteiger partial charge in [0.05, 0.1) is 16.1 Å². The lowest BCUT2D eigenvalue weighted by Crippen LogP contribution is -2.40. The molecule has 1 heterocycles. The van der Waals surface area contributed by atoms with E-state index in [-0.39, 0.29) is 19.1 Å². The first-order valence-corrected chi connectivity index (χ1v) is 8.08. The molecule has 23 heavy (non-hydrogen) atoms. The Morgan fingerprint density at radius 2 is 2.17 bits per heavy atom. The highest BCUT2D eigenvalue weighted by atomic mass is 35.5. The summed E-state index contributed by atoms with van der Waals surface area (Å²) in [6.45, 7) is 4.62. The molecular formula is C16H19Cl2NO4. The average molecular weight is 360 g/mol. The van der Waals surface area contributed by atoms with Crippen molar-refractivity contribution in [2.24, 2.45) is 5.92 Å². The molecule has 0 bridgehead atoms. The van der Waals surface area contributed by atoms with Crippen LogP contribution in [0.4, 0.5) is 4.79 Å². The predicted molar refractivity (Wildman–Crippen MR) is 89.4 cm³/mol. The molecule has 1 aromatic rings. The van der Waals surface area contributed by atoms with Gasteiger partial charge in [0.1, 0.15) is 12.4 Å². The first kappa shape index (κ1) is 17.9. The van der Waals surface area contributed by atoms with E-state index in [1.807, 2.05) is 0 Å². The van der Waals surface area contributed by atoms with Crippen molar-refractivity contribution < 1.29 is 19.7 Å². The Balaban J connectivity index is 2.26. The maximum atomic E-state index is 11.1. The number of aliphatic hydroxyl groups excluding tert-OH is 1. The van der Waals surface area contributed by atoms with Crippen molar-refractivity contribution in [1.29, 1.82) is 0 Å². The minimum atomic E-state index is -0.973. The first-order chi connectivity index (χ1) is 10.9. The normalized spacial score (nSPS) is 19.3. The predicted octanol–water partition coefficient (Wildman–Crippen LogP) is 3.98. The lowest BCUT2D eigenvalue weighted by atomic mass is 9.88. The summed E-state index contributed by atoms with van der Waals surface area (Å²) in [5.74, 6) is 0.211. The number of ether oxygens (including phenoxy) is 1. The third kappa shape index (κ3) is 4.31. The molecule has 1 fully saturated rings. The van der Waals surface area contributed by atoms with Gasteiger partial charge in [0.2, 0.25) is 0 Å². The number of carboxylic acid groups (broad SMARTS) is 1. The largest absolute Gasteiger partial charge is 0.489 e. The van der Waals surface area contributed by atoms with Crippen LogP contribution in [-0.2, 0) is 0 Å². The number of hydrogen-bond acceptors (Lipinski definition) is 3. The van der Waals surface area contributed by atoms with E-state index < -0.39 is 12.2 Å². The fraction of sp³-hybridized carbons (Fsp3) is 0.438. The van der Waals surface area contributed by atoms with Crippen LogP contribution in [0, 0.1) is 5.92 Å². The van der Waals surface area contributed by atoms with Crippen molar-refractivity contribution in [3.05, 3.63) is 40.4 Å². The Kier molecular flexibility index (Phi) is 6.16. The lowest BCUT2D eigenvalue weighted by Gasteiger charge is -2.34. The number of likely N-dealkylation sites (tertiary alicyclic amines) is 1. The van der Waals surface area contributed by atoms with Crippen molar-refractivity contribution in [2.45, 2.75) is 18.9 Å². The Labute approximate surface area is 145 Å². The maximum absolute atomic E-state index is 11.1. The van der Waals surface area contributed by atoms with E-state index in [1.165, 1.54) is 4.90 Å². The maximum Gasteiger partial charge on any atom is 0.407 e. The SMILES string of the molecule is C=CCOc1cc(Cl)c(Cl)cc1C(O)[C@@H]1CCCN(C(=O)O)C1. The van der Waals surface area contributed by atoms with Gasteiger partial charge in [-0.15, -0.1) is 0 Å². The van der Waals surface area contributed by atoms with Crippen molar-refractivity contribution in [2.75, 3.05) is 19.7 Å². The van der Waals surface area contributed by atoms with Gasteiger partial charge in [-0.2, -0.15) is 0 Å². The Bertz CT molecular complexity index is 594. The zero-order chi connectivity index (χ0) is 17.0. The second-order valence-electron chi connectivity index (χ2n) is 5.48. The summed E-state index contributed by atoms with van der Waals surface area (Å²) in [7, 11) is 0. The van der Waals surface area contributed by atoms with E-state index >= 15 is 0 Å². The Morgan fingerprint density at radius 3 is 2.83 bits per heavy atom. The molecule has 1 aliphatic rings. The van der Waals surface area contributed by atoms with Gasteiger partial charge in [0.25, 0.3) is 0 Å². The number of halogens is 2. The van der Waals surface area contributed by atoms with Crippen LogP contribution in [0.25, 0.3) is 0 Å². The van der Waals surface area contributed by atoms with Crippen LogP contribution >= 0.6 is 23.2 Å². The molecule has 2 rings (SSSR count). The number of rotatable bonds is 5. The molecule has 2 atom stereocenters. The molecule has 2 N–H and O–H groups in total. The van der Waals surface area contributed by atoms with Gasteiger partial charge < -0.3 is 19.8 Å². The van der Waals surface area contributed by atoms with Gasteiger partial charge in [0, 0.05) is 30.6 Å². The number of nitrogens with zero attached hydrogens (tertiary/aromatic N) is 1. The van der Waals surface area contributed by atoms with Gasteiger partial charge >= 0.3 is 6.09 Å². The van der Waals surface area contributed by atoms with Crippen LogP contribution < -0.4 is 4.74 Å². The van der Waals surface area contributed by atoms with Crippen LogP contribution in [0.1, 0.15) is 24.5 Å². The van der Waals surface area contributed by atoms with Gasteiger partial charge in [0.15, 0.2) is 0 Å². The number of hydrogen-bond donors (Lipinski definition) is 2. The smallest absolute Gasteiger partial charge is 0.407 e. The van der Waals surface area contributed by atoms with E-state index in [2.05, 4.69) is 6.58 Å². The minimum absolute atomic E-state index is 0.219. The molecule has 1 aromatic carbocycles. The fourth-order valence-electron chi connectivity index (χ4n) is 2.74. The second kappa shape index (κ2) is 7.90. The highest BCUT2D eigenvalue weighted by Crippen LogP contribution is 2.39. The van der Waals surface area contributed by atoms with E-state index in [1.54, 1.807) is 18.2 Å². The molecule has 1 aliphatic heterocycles. The van der Waals surface area contributed by atoms with Crippen molar-refractivity contribution >= 4 is 29.3 Å². The zero-order valence-corrected chi connectivity index (χ0v) is 14.1. The van der Waals surface area contributed by atoms with Crippen LogP contribution in [0.3, 0.4) is 0 Å². The van der Waals surface area contributed by atoms with Gasteiger partial charge in [-0.1, -0.05) is 35.9 Å². The van der Waals surface area contributed by atoms with Gasteiger partial charge in [-0.25, -0.2) is 4.79 Å². The minimum Gasteiger partial charge on any atom is -0.489 e. The number of piperidine rings is 1. The van der Waals surface area contributed by atoms with Gasteiger partial charge in [-0.3, -0.25) is 0 Å². The molecule has 126 valence electrons. The number of amides is 1. The standard InChI is InChI=1S/C16H19Cl2NO4/c1-2-6-23-14-8-13(18)12(17)7-11(14)15(20)10-4-3-5-19(9-10)16(21)22/h2,7-8,10,15,20H,1,3-6,9H2,(H,21,22)/t10-,15?/m1/s1. The van der Waals surface area contributed by atoms with Crippen LogP contribution in [-0.4, -0.2) is 40.9 Å². The molecule has 7 heteroatoms. The van der Waals surface area contributed by atoms with Crippen molar-refractivity contribution in [3.63, 3.8) is 0 Å². The van der Waals surface area contributed by atoms with E-state index in [0.717, 1.165) is 6.42 Å². The summed E-state index contributed by atoms with van der Waals surface area (Å²) in [6, 6.07) is 3.14. The fourth-order valence-corrected chi connectivity index (χ4v) is 3.07. The first-order valence-electron chi connectivity index (χ1n) is 7.32. The summed E-state index contributed by atoms with van der Waals surface area (Å²) in [5.41, 5.74) is 0.512. The quantitative estimate of drug-likeness (QED) is 0.780. The highest BCUT2D eigenvalue weighted by molar-refractivity contribution is 6.42. The highest BCUT2D eigenvalue weighted by Gasteiger charge is 2.31. The van der Waals surface area contributed by atoms with E-state index in [9.17, 15) is 9.90 Å². The molecule has 0 saturated carbocycles. The zero-order valence-electron chi connectivity index (χ0n) is 12.5.